The van der Waals surface area contributed by atoms with Gasteiger partial charge in [0.25, 0.3) is 0 Å². The third kappa shape index (κ3) is 5.39. The van der Waals surface area contributed by atoms with Gasteiger partial charge >= 0.3 is 5.69 Å². The number of fused-ring (bicyclic) bond motifs is 1. The van der Waals surface area contributed by atoms with Gasteiger partial charge in [-0.05, 0) is 35.4 Å². The van der Waals surface area contributed by atoms with Gasteiger partial charge in [0.15, 0.2) is 0 Å². The highest BCUT2D eigenvalue weighted by atomic mass is 35.5. The van der Waals surface area contributed by atoms with Crippen LogP contribution in [0.25, 0.3) is 11.0 Å². The summed E-state index contributed by atoms with van der Waals surface area (Å²) >= 11 is 12.5. The molecule has 0 fully saturated rings. The maximum absolute atomic E-state index is 13.5. The fourth-order valence-corrected chi connectivity index (χ4v) is 3.97. The minimum atomic E-state index is -0.236. The molecule has 3 aromatic carbocycles. The van der Waals surface area contributed by atoms with Gasteiger partial charge in [0.1, 0.15) is 11.7 Å². The number of aromatic nitrogens is 2. The predicted molar refractivity (Wildman–Crippen MR) is 144 cm³/mol. The number of nitrogens with zero attached hydrogens (tertiary/aromatic N) is 2. The normalized spacial score (nSPS) is 10.4. The van der Waals surface area contributed by atoms with Gasteiger partial charge in [0.2, 0.25) is 0 Å². The molecular formula is C23H22Cl4N6O. The topological polar surface area (TPSA) is 127 Å². The zero-order chi connectivity index (χ0) is 23.0. The number of hydrogen-bond donors (Lipinski definition) is 4. The smallest absolute Gasteiger partial charge is 0.329 e. The molecule has 4 aromatic rings. The molecule has 1 heterocycles. The SMILES string of the molecule is Cl.Cl.N=C(N)c1cccc(Cn2c(=O)n(Cc3cccc(C(=N)N)c3)c3cc(Cl)c(Cl)cc32)c1. The van der Waals surface area contributed by atoms with Gasteiger partial charge in [-0.25, -0.2) is 4.79 Å². The number of imidazole rings is 1. The molecule has 7 nitrogen and oxygen atoms in total. The van der Waals surface area contributed by atoms with Crippen LogP contribution in [0.1, 0.15) is 22.3 Å². The van der Waals surface area contributed by atoms with Crippen LogP contribution in [-0.4, -0.2) is 20.8 Å². The van der Waals surface area contributed by atoms with E-state index in [-0.39, 0.29) is 55.3 Å². The van der Waals surface area contributed by atoms with Crippen molar-refractivity contribution < 1.29 is 0 Å². The van der Waals surface area contributed by atoms with Crippen LogP contribution in [0.3, 0.4) is 0 Å². The Balaban J connectivity index is 0.00000204. The van der Waals surface area contributed by atoms with Crippen LogP contribution in [0.2, 0.25) is 10.0 Å². The summed E-state index contributed by atoms with van der Waals surface area (Å²) in [7, 11) is 0. The van der Waals surface area contributed by atoms with E-state index in [4.69, 9.17) is 45.5 Å². The van der Waals surface area contributed by atoms with E-state index in [0.29, 0.717) is 32.2 Å². The molecule has 0 aliphatic carbocycles. The van der Waals surface area contributed by atoms with Crippen molar-refractivity contribution in [1.82, 2.24) is 9.13 Å². The highest BCUT2D eigenvalue weighted by Crippen LogP contribution is 2.28. The third-order valence-corrected chi connectivity index (χ3v) is 5.94. The van der Waals surface area contributed by atoms with Gasteiger partial charge in [-0.1, -0.05) is 59.6 Å². The van der Waals surface area contributed by atoms with Crippen molar-refractivity contribution in [2.24, 2.45) is 11.5 Å². The number of nitrogen functional groups attached to an aromatic ring is 2. The quantitative estimate of drug-likeness (QED) is 0.211. The van der Waals surface area contributed by atoms with E-state index in [1.165, 1.54) is 0 Å². The summed E-state index contributed by atoms with van der Waals surface area (Å²) in [6, 6.07) is 17.8. The van der Waals surface area contributed by atoms with Crippen LogP contribution in [0.5, 0.6) is 0 Å². The molecule has 0 saturated heterocycles. The van der Waals surface area contributed by atoms with E-state index < -0.39 is 0 Å². The lowest BCUT2D eigenvalue weighted by atomic mass is 10.1. The highest BCUT2D eigenvalue weighted by molar-refractivity contribution is 6.42. The molecule has 1 aromatic heterocycles. The Kier molecular flexibility index (Phi) is 8.80. The summed E-state index contributed by atoms with van der Waals surface area (Å²) in [6.45, 7) is 0.545. The average Bonchev–Trinajstić information content (AvgIpc) is 2.99. The van der Waals surface area contributed by atoms with Crippen molar-refractivity contribution >= 4 is 70.7 Å². The molecule has 0 bridgehead atoms. The molecule has 4 rings (SSSR count). The Morgan fingerprint density at radius 2 is 1.12 bits per heavy atom. The van der Waals surface area contributed by atoms with Crippen LogP contribution >= 0.6 is 48.0 Å². The molecule has 0 amide bonds. The molecule has 178 valence electrons. The number of nitrogens with one attached hydrogen (secondary N) is 2. The molecule has 0 spiro atoms. The molecule has 0 radical (unpaired) electrons. The van der Waals surface area contributed by atoms with Crippen molar-refractivity contribution in [2.45, 2.75) is 13.1 Å². The van der Waals surface area contributed by atoms with Crippen molar-refractivity contribution in [3.05, 3.63) is 103 Å². The maximum Gasteiger partial charge on any atom is 0.329 e. The van der Waals surface area contributed by atoms with Crippen molar-refractivity contribution in [3.8, 4) is 0 Å². The molecule has 6 N–H and O–H groups in total. The van der Waals surface area contributed by atoms with Crippen LogP contribution in [0, 0.1) is 10.8 Å². The summed E-state index contributed by atoms with van der Waals surface area (Å²) < 4.78 is 3.23. The first kappa shape index (κ1) is 27.3. The summed E-state index contributed by atoms with van der Waals surface area (Å²) in [5, 5.41) is 16.0. The third-order valence-electron chi connectivity index (χ3n) is 5.22. The van der Waals surface area contributed by atoms with Gasteiger partial charge in [-0.15, -0.1) is 24.8 Å². The van der Waals surface area contributed by atoms with E-state index in [1.807, 2.05) is 12.1 Å². The first-order chi connectivity index (χ1) is 15.2. The number of benzene rings is 3. The van der Waals surface area contributed by atoms with Crippen molar-refractivity contribution in [2.75, 3.05) is 0 Å². The summed E-state index contributed by atoms with van der Waals surface area (Å²) in [4.78, 5) is 13.5. The molecule has 34 heavy (non-hydrogen) atoms. The predicted octanol–water partition coefficient (Wildman–Crippen LogP) is 4.62. The molecule has 0 atom stereocenters. The number of rotatable bonds is 6. The van der Waals surface area contributed by atoms with Crippen LogP contribution < -0.4 is 17.2 Å². The second-order valence-electron chi connectivity index (χ2n) is 7.44. The second-order valence-corrected chi connectivity index (χ2v) is 8.25. The lowest BCUT2D eigenvalue weighted by Crippen LogP contribution is -2.25. The van der Waals surface area contributed by atoms with Gasteiger partial charge in [-0.3, -0.25) is 20.0 Å². The maximum atomic E-state index is 13.5. The first-order valence-corrected chi connectivity index (χ1v) is 10.4. The van der Waals surface area contributed by atoms with Crippen molar-refractivity contribution in [1.29, 1.82) is 10.8 Å². The van der Waals surface area contributed by atoms with Crippen LogP contribution in [0.4, 0.5) is 0 Å². The molecule has 0 unspecified atom stereocenters. The zero-order valence-corrected chi connectivity index (χ0v) is 20.9. The number of hydrogen-bond acceptors (Lipinski definition) is 3. The average molecular weight is 540 g/mol. The largest absolute Gasteiger partial charge is 0.384 e. The Labute approximate surface area is 218 Å². The van der Waals surface area contributed by atoms with E-state index in [2.05, 4.69) is 0 Å². The fraction of sp³-hybridized carbons (Fsp3) is 0.0870. The molecule has 0 saturated carbocycles. The Morgan fingerprint density at radius 3 is 1.47 bits per heavy atom. The van der Waals surface area contributed by atoms with Gasteiger partial charge in [0.05, 0.1) is 34.2 Å². The molecule has 0 aliphatic rings. The molecule has 11 heteroatoms. The van der Waals surface area contributed by atoms with Crippen LogP contribution in [0.15, 0.2) is 65.5 Å². The molecule has 0 aliphatic heterocycles. The second kappa shape index (κ2) is 11.0. The highest BCUT2D eigenvalue weighted by Gasteiger charge is 2.17. The minimum absolute atomic E-state index is 0. The summed E-state index contributed by atoms with van der Waals surface area (Å²) in [5.74, 6) is -0.0800. The zero-order valence-electron chi connectivity index (χ0n) is 17.7. The number of halogens is 4. The summed E-state index contributed by atoms with van der Waals surface area (Å²) in [5.41, 5.74) is 15.1. The lowest BCUT2D eigenvalue weighted by Gasteiger charge is -2.07. The number of nitrogens with two attached hydrogens (primary N) is 2. The van der Waals surface area contributed by atoms with E-state index in [9.17, 15) is 4.79 Å². The van der Waals surface area contributed by atoms with Gasteiger partial charge in [-0.2, -0.15) is 0 Å². The standard InChI is InChI=1S/C23H20Cl2N6O.2ClH/c24-17-9-19-20(10-18(17)25)31(12-14-4-2-6-16(8-14)22(28)29)23(32)30(19)11-13-3-1-5-15(7-13)21(26)27;;/h1-10H,11-12H2,(H3,26,27)(H3,28,29);2*1H. The fourth-order valence-electron chi connectivity index (χ4n) is 3.66. The van der Waals surface area contributed by atoms with E-state index in [0.717, 1.165) is 11.1 Å². The van der Waals surface area contributed by atoms with Crippen LogP contribution in [-0.2, 0) is 13.1 Å². The Hall–Kier alpha value is -2.97. The van der Waals surface area contributed by atoms with E-state index >= 15 is 0 Å². The Bertz CT molecular complexity index is 1340. The van der Waals surface area contributed by atoms with Crippen molar-refractivity contribution in [3.63, 3.8) is 0 Å². The van der Waals surface area contributed by atoms with Gasteiger partial charge in [0, 0.05) is 11.1 Å². The summed E-state index contributed by atoms with van der Waals surface area (Å²) in [6.07, 6.45) is 0. The monoisotopic (exact) mass is 538 g/mol. The lowest BCUT2D eigenvalue weighted by molar-refractivity contribution is 0.701. The first-order valence-electron chi connectivity index (χ1n) is 9.69. The van der Waals surface area contributed by atoms with Gasteiger partial charge < -0.3 is 11.5 Å². The molecular weight excluding hydrogens is 518 g/mol. The minimum Gasteiger partial charge on any atom is -0.384 e. The van der Waals surface area contributed by atoms with E-state index in [1.54, 1.807) is 57.7 Å². The number of amidine groups is 2. The Morgan fingerprint density at radius 1 is 0.735 bits per heavy atom.